The Kier molecular flexibility index (Phi) is 7.28. The van der Waals surface area contributed by atoms with Crippen LogP contribution in [-0.4, -0.2) is 47.4 Å². The Balaban J connectivity index is 1.21. The number of H-pyrrole nitrogens is 1. The Morgan fingerprint density at radius 1 is 1.08 bits per heavy atom. The van der Waals surface area contributed by atoms with Crippen LogP contribution in [0.2, 0.25) is 0 Å². The van der Waals surface area contributed by atoms with Crippen LogP contribution in [0.25, 0.3) is 21.6 Å². The molecule has 0 bridgehead atoms. The maximum absolute atomic E-state index is 13.6. The highest BCUT2D eigenvalue weighted by molar-refractivity contribution is 7.94. The zero-order valence-corrected chi connectivity index (χ0v) is 24.4. The smallest absolute Gasteiger partial charge is 0.274 e. The molecule has 0 radical (unpaired) electrons. The minimum absolute atomic E-state index is 0.247. The zero-order valence-electron chi connectivity index (χ0n) is 21.9. The maximum Gasteiger partial charge on any atom is 0.274 e. The quantitative estimate of drug-likeness (QED) is 0.221. The topological polar surface area (TPSA) is 82.2 Å². The summed E-state index contributed by atoms with van der Waals surface area (Å²) in [7, 11) is -3.68. The highest BCUT2D eigenvalue weighted by atomic mass is 32.2. The van der Waals surface area contributed by atoms with Crippen LogP contribution in [-0.2, 0) is 16.6 Å². The van der Waals surface area contributed by atoms with E-state index < -0.39 is 10.0 Å². The third-order valence-corrected chi connectivity index (χ3v) is 11.6. The lowest BCUT2D eigenvalue weighted by molar-refractivity contribution is 0.205. The molecule has 1 saturated heterocycles. The number of thiophene rings is 1. The summed E-state index contributed by atoms with van der Waals surface area (Å²) in [6.07, 6.45) is 6.10. The standard InChI is InChI=1S/C29H31N5O2S3/c1-20(2)34(39(35,36)27-10-6-16-37-27)26-9-5-7-22-17-25(32-28(22)26)29-31-18-23(38-29)19-33-14-11-21(12-15-33)24-8-3-4-13-30-24/h3-10,13,16-18,20-21,32H,11-12,14-15,19H2,1-2H3. The molecule has 0 atom stereocenters. The summed E-state index contributed by atoms with van der Waals surface area (Å²) in [5.41, 5.74) is 3.55. The molecule has 4 aromatic heterocycles. The number of pyridine rings is 1. The van der Waals surface area contributed by atoms with Crippen molar-refractivity contribution in [2.75, 3.05) is 17.4 Å². The van der Waals surface area contributed by atoms with E-state index in [4.69, 9.17) is 4.98 Å². The maximum atomic E-state index is 13.6. The summed E-state index contributed by atoms with van der Waals surface area (Å²) in [5, 5.41) is 3.66. The van der Waals surface area contributed by atoms with E-state index in [1.54, 1.807) is 28.8 Å². The Morgan fingerprint density at radius 3 is 2.64 bits per heavy atom. The number of thiazole rings is 1. The van der Waals surface area contributed by atoms with Crippen molar-refractivity contribution in [3.8, 4) is 10.7 Å². The first-order chi connectivity index (χ1) is 18.9. The van der Waals surface area contributed by atoms with Crippen LogP contribution >= 0.6 is 22.7 Å². The molecule has 1 aliphatic rings. The van der Waals surface area contributed by atoms with E-state index in [0.717, 1.165) is 54.1 Å². The van der Waals surface area contributed by atoms with Crippen molar-refractivity contribution in [2.24, 2.45) is 0 Å². The molecule has 0 spiro atoms. The third kappa shape index (κ3) is 5.26. The number of anilines is 1. The summed E-state index contributed by atoms with van der Waals surface area (Å²) >= 11 is 2.93. The molecule has 7 nitrogen and oxygen atoms in total. The molecule has 1 aliphatic heterocycles. The second kappa shape index (κ2) is 10.8. The molecule has 0 saturated carbocycles. The summed E-state index contributed by atoms with van der Waals surface area (Å²) in [4.78, 5) is 16.5. The van der Waals surface area contributed by atoms with Crippen molar-refractivity contribution < 1.29 is 8.42 Å². The number of hydrogen-bond acceptors (Lipinski definition) is 7. The molecule has 5 aromatic rings. The van der Waals surface area contributed by atoms with Crippen LogP contribution in [0.5, 0.6) is 0 Å². The van der Waals surface area contributed by atoms with Crippen molar-refractivity contribution in [2.45, 2.75) is 49.4 Å². The monoisotopic (exact) mass is 577 g/mol. The molecule has 1 aromatic carbocycles. The summed E-state index contributed by atoms with van der Waals surface area (Å²) < 4.78 is 29.0. The van der Waals surface area contributed by atoms with Gasteiger partial charge in [-0.25, -0.2) is 13.4 Å². The van der Waals surface area contributed by atoms with Crippen molar-refractivity contribution in [3.63, 3.8) is 0 Å². The molecule has 10 heteroatoms. The van der Waals surface area contributed by atoms with Gasteiger partial charge >= 0.3 is 0 Å². The zero-order chi connectivity index (χ0) is 27.0. The number of benzene rings is 1. The molecule has 1 fully saturated rings. The van der Waals surface area contributed by atoms with Gasteiger partial charge in [-0.3, -0.25) is 14.2 Å². The van der Waals surface area contributed by atoms with Crippen molar-refractivity contribution >= 4 is 49.3 Å². The second-order valence-corrected chi connectivity index (χ2v) is 14.3. The minimum atomic E-state index is -3.68. The third-order valence-electron chi connectivity index (χ3n) is 7.21. The highest BCUT2D eigenvalue weighted by Gasteiger charge is 2.30. The van der Waals surface area contributed by atoms with E-state index in [1.165, 1.54) is 26.2 Å². The predicted octanol–water partition coefficient (Wildman–Crippen LogP) is 6.73. The molecule has 1 N–H and O–H groups in total. The minimum Gasteiger partial charge on any atom is -0.351 e. The van der Waals surface area contributed by atoms with Gasteiger partial charge in [0.1, 0.15) is 9.22 Å². The molecule has 39 heavy (non-hydrogen) atoms. The van der Waals surface area contributed by atoms with E-state index in [9.17, 15) is 8.42 Å². The molecule has 202 valence electrons. The largest absolute Gasteiger partial charge is 0.351 e. The lowest BCUT2D eigenvalue weighted by Crippen LogP contribution is -2.36. The number of hydrogen-bond donors (Lipinski definition) is 1. The number of aromatic amines is 1. The fraction of sp³-hybridized carbons (Fsp3) is 0.310. The summed E-state index contributed by atoms with van der Waals surface area (Å²) in [6.45, 7) is 6.79. The first kappa shape index (κ1) is 26.2. The number of para-hydroxylation sites is 1. The van der Waals surface area contributed by atoms with E-state index >= 15 is 0 Å². The second-order valence-electron chi connectivity index (χ2n) is 10.2. The first-order valence-corrected chi connectivity index (χ1v) is 16.3. The van der Waals surface area contributed by atoms with Gasteiger partial charge in [0.2, 0.25) is 0 Å². The van der Waals surface area contributed by atoms with Crippen LogP contribution in [0.1, 0.15) is 43.2 Å². The number of piperidine rings is 1. The van der Waals surface area contributed by atoms with Gasteiger partial charge in [-0.15, -0.1) is 22.7 Å². The number of nitrogens with zero attached hydrogens (tertiary/aromatic N) is 4. The van der Waals surface area contributed by atoms with Crippen molar-refractivity contribution in [3.05, 3.63) is 82.9 Å². The normalized spacial score (nSPS) is 15.4. The first-order valence-electron chi connectivity index (χ1n) is 13.2. The van der Waals surface area contributed by atoms with E-state index in [2.05, 4.69) is 33.1 Å². The summed E-state index contributed by atoms with van der Waals surface area (Å²) in [5.74, 6) is 0.536. The average Bonchev–Trinajstić information content (AvgIpc) is 3.71. The Hall–Kier alpha value is -3.05. The van der Waals surface area contributed by atoms with Gasteiger partial charge in [0.05, 0.1) is 16.9 Å². The fourth-order valence-corrected chi connectivity index (χ4v) is 9.04. The molecule has 6 rings (SSSR count). The number of nitrogens with one attached hydrogen (secondary N) is 1. The van der Waals surface area contributed by atoms with Gasteiger partial charge in [0, 0.05) is 46.9 Å². The lowest BCUT2D eigenvalue weighted by Gasteiger charge is -2.31. The number of rotatable bonds is 8. The number of sulfonamides is 1. The van der Waals surface area contributed by atoms with Crippen LogP contribution in [0.4, 0.5) is 5.69 Å². The Labute approximate surface area is 237 Å². The molecule has 0 unspecified atom stereocenters. The molecule has 5 heterocycles. The van der Waals surface area contributed by atoms with Crippen LogP contribution in [0.15, 0.2) is 76.6 Å². The van der Waals surface area contributed by atoms with E-state index in [-0.39, 0.29) is 6.04 Å². The van der Waals surface area contributed by atoms with Gasteiger partial charge in [-0.2, -0.15) is 0 Å². The molecular weight excluding hydrogens is 547 g/mol. The number of fused-ring (bicyclic) bond motifs is 1. The van der Waals surface area contributed by atoms with Gasteiger partial charge in [-0.1, -0.05) is 24.3 Å². The fourth-order valence-electron chi connectivity index (χ4n) is 5.36. The van der Waals surface area contributed by atoms with Crippen LogP contribution < -0.4 is 4.31 Å². The van der Waals surface area contributed by atoms with Crippen molar-refractivity contribution in [1.29, 1.82) is 0 Å². The molecule has 0 amide bonds. The number of likely N-dealkylation sites (tertiary alicyclic amines) is 1. The summed E-state index contributed by atoms with van der Waals surface area (Å²) in [6, 6.07) is 17.2. The van der Waals surface area contributed by atoms with Crippen LogP contribution in [0, 0.1) is 0 Å². The Bertz CT molecular complexity index is 1650. The van der Waals surface area contributed by atoms with E-state index in [1.807, 2.05) is 50.5 Å². The van der Waals surface area contributed by atoms with Gasteiger partial charge < -0.3 is 4.98 Å². The SMILES string of the molecule is CC(C)N(c1cccc2cc(-c3ncc(CN4CCC(c5ccccn5)CC4)s3)[nH]c12)S(=O)(=O)c1cccs1. The highest BCUT2D eigenvalue weighted by Crippen LogP contribution is 2.37. The molecule has 0 aliphatic carbocycles. The van der Waals surface area contributed by atoms with Gasteiger partial charge in [-0.05, 0) is 75.5 Å². The van der Waals surface area contributed by atoms with E-state index in [0.29, 0.717) is 15.8 Å². The van der Waals surface area contributed by atoms with Crippen molar-refractivity contribution in [1.82, 2.24) is 19.9 Å². The number of aromatic nitrogens is 3. The van der Waals surface area contributed by atoms with Crippen LogP contribution in [0.3, 0.4) is 0 Å². The Morgan fingerprint density at radius 2 is 1.92 bits per heavy atom. The van der Waals surface area contributed by atoms with Gasteiger partial charge in [0.15, 0.2) is 0 Å². The predicted molar refractivity (Wildman–Crippen MR) is 160 cm³/mol. The lowest BCUT2D eigenvalue weighted by atomic mass is 9.93. The van der Waals surface area contributed by atoms with Gasteiger partial charge in [0.25, 0.3) is 10.0 Å². The molecular formula is C29H31N5O2S3. The average molecular weight is 578 g/mol.